The van der Waals surface area contributed by atoms with Crippen LogP contribution in [0.1, 0.15) is 22.1 Å². The molecular weight excluding hydrogens is 251 g/mol. The lowest BCUT2D eigenvalue weighted by atomic mass is 10.3. The smallest absolute Gasteiger partial charge is 0.291 e. The van der Waals surface area contributed by atoms with E-state index >= 15 is 0 Å². The predicted octanol–water partition coefficient (Wildman–Crippen LogP) is 2.21. The van der Waals surface area contributed by atoms with E-state index in [-0.39, 0.29) is 11.7 Å². The first-order valence-electron chi connectivity index (χ1n) is 4.95. The Morgan fingerprint density at radius 1 is 1.31 bits per heavy atom. The Kier molecular flexibility index (Phi) is 5.09. The molecule has 16 heavy (non-hydrogen) atoms. The van der Waals surface area contributed by atoms with Crippen LogP contribution in [0.3, 0.4) is 0 Å². The molecule has 0 bridgehead atoms. The second kappa shape index (κ2) is 6.11. The monoisotopic (exact) mass is 264 g/mol. The fourth-order valence-corrected chi connectivity index (χ4v) is 1.80. The molecule has 1 rings (SSSR count). The Balaban J connectivity index is 2.85. The summed E-state index contributed by atoms with van der Waals surface area (Å²) in [6.07, 6.45) is 0. The Hall–Kier alpha value is -0.740. The lowest BCUT2D eigenvalue weighted by Gasteiger charge is -2.19. The summed E-state index contributed by atoms with van der Waals surface area (Å²) in [7, 11) is 0. The standard InChI is InChI=1S/C10H14Cl2N2O2/c1-7-9(16-8(2)13-7)10(15)14(5-3-11)6-4-12/h3-6H2,1-2H3. The Morgan fingerprint density at radius 2 is 1.88 bits per heavy atom. The van der Waals surface area contributed by atoms with E-state index in [9.17, 15) is 4.79 Å². The van der Waals surface area contributed by atoms with Gasteiger partial charge in [0.25, 0.3) is 5.91 Å². The highest BCUT2D eigenvalue weighted by Gasteiger charge is 2.21. The SMILES string of the molecule is Cc1nc(C)c(C(=O)N(CCCl)CCCl)o1. The van der Waals surface area contributed by atoms with E-state index in [1.807, 2.05) is 0 Å². The minimum absolute atomic E-state index is 0.209. The Bertz CT molecular complexity index is 360. The van der Waals surface area contributed by atoms with Crippen LogP contribution in [0.5, 0.6) is 0 Å². The zero-order valence-electron chi connectivity index (χ0n) is 9.30. The van der Waals surface area contributed by atoms with Gasteiger partial charge in [0, 0.05) is 31.8 Å². The van der Waals surface area contributed by atoms with Gasteiger partial charge in [-0.15, -0.1) is 23.2 Å². The van der Waals surface area contributed by atoms with Crippen molar-refractivity contribution in [3.8, 4) is 0 Å². The zero-order valence-corrected chi connectivity index (χ0v) is 10.8. The van der Waals surface area contributed by atoms with E-state index in [2.05, 4.69) is 4.98 Å². The predicted molar refractivity (Wildman–Crippen MR) is 63.3 cm³/mol. The van der Waals surface area contributed by atoms with Crippen LogP contribution in [-0.4, -0.2) is 40.6 Å². The summed E-state index contributed by atoms with van der Waals surface area (Å²) in [5, 5.41) is 0. The van der Waals surface area contributed by atoms with Crippen LogP contribution in [0.2, 0.25) is 0 Å². The van der Waals surface area contributed by atoms with Gasteiger partial charge >= 0.3 is 0 Å². The first-order valence-corrected chi connectivity index (χ1v) is 6.02. The molecule has 0 aliphatic carbocycles. The van der Waals surface area contributed by atoms with Crippen molar-refractivity contribution in [2.45, 2.75) is 13.8 Å². The summed E-state index contributed by atoms with van der Waals surface area (Å²) in [4.78, 5) is 17.7. The molecular formula is C10H14Cl2N2O2. The average molecular weight is 265 g/mol. The van der Waals surface area contributed by atoms with Crippen molar-refractivity contribution in [3.63, 3.8) is 0 Å². The first kappa shape index (κ1) is 13.3. The van der Waals surface area contributed by atoms with Crippen LogP contribution in [-0.2, 0) is 0 Å². The first-order chi connectivity index (χ1) is 7.60. The summed E-state index contributed by atoms with van der Waals surface area (Å²) in [6.45, 7) is 4.35. The summed E-state index contributed by atoms with van der Waals surface area (Å²) in [5.74, 6) is 1.29. The number of oxazole rings is 1. The molecule has 4 nitrogen and oxygen atoms in total. The van der Waals surface area contributed by atoms with Crippen molar-refractivity contribution >= 4 is 29.1 Å². The maximum absolute atomic E-state index is 12.0. The highest BCUT2D eigenvalue weighted by Crippen LogP contribution is 2.12. The molecule has 0 atom stereocenters. The van der Waals surface area contributed by atoms with E-state index < -0.39 is 0 Å². The maximum atomic E-state index is 12.0. The molecule has 90 valence electrons. The number of carbonyl (C=O) groups is 1. The highest BCUT2D eigenvalue weighted by molar-refractivity contribution is 6.18. The van der Waals surface area contributed by atoms with Gasteiger partial charge in [-0.25, -0.2) is 4.98 Å². The number of amides is 1. The molecule has 1 aromatic heterocycles. The van der Waals surface area contributed by atoms with E-state index in [0.717, 1.165) is 0 Å². The van der Waals surface area contributed by atoms with Crippen molar-refractivity contribution in [3.05, 3.63) is 17.3 Å². The summed E-state index contributed by atoms with van der Waals surface area (Å²) in [5.41, 5.74) is 0.594. The molecule has 1 aromatic rings. The van der Waals surface area contributed by atoms with Crippen molar-refractivity contribution in [1.82, 2.24) is 9.88 Å². The van der Waals surface area contributed by atoms with Gasteiger partial charge in [0.1, 0.15) is 0 Å². The quantitative estimate of drug-likeness (QED) is 0.767. The molecule has 0 unspecified atom stereocenters. The number of halogens is 2. The van der Waals surface area contributed by atoms with Gasteiger partial charge in [0.05, 0.1) is 5.69 Å². The van der Waals surface area contributed by atoms with E-state index in [1.54, 1.807) is 18.7 Å². The molecule has 0 aliphatic heterocycles. The molecule has 0 spiro atoms. The van der Waals surface area contributed by atoms with Crippen LogP contribution < -0.4 is 0 Å². The van der Waals surface area contributed by atoms with Crippen LogP contribution in [0.15, 0.2) is 4.42 Å². The van der Waals surface area contributed by atoms with Gasteiger partial charge in [-0.3, -0.25) is 4.79 Å². The van der Waals surface area contributed by atoms with Gasteiger partial charge < -0.3 is 9.32 Å². The van der Waals surface area contributed by atoms with Crippen molar-refractivity contribution in [1.29, 1.82) is 0 Å². The third-order valence-electron chi connectivity index (χ3n) is 2.09. The number of alkyl halides is 2. The molecule has 6 heteroatoms. The fraction of sp³-hybridized carbons (Fsp3) is 0.600. The lowest BCUT2D eigenvalue weighted by Crippen LogP contribution is -2.34. The zero-order chi connectivity index (χ0) is 12.1. The second-order valence-corrected chi connectivity index (χ2v) is 4.07. The number of rotatable bonds is 5. The van der Waals surface area contributed by atoms with E-state index in [4.69, 9.17) is 27.6 Å². The fourth-order valence-electron chi connectivity index (χ4n) is 1.39. The largest absolute Gasteiger partial charge is 0.436 e. The molecule has 1 heterocycles. The Labute approximate surface area is 105 Å². The van der Waals surface area contributed by atoms with Crippen LogP contribution in [0.25, 0.3) is 0 Å². The number of nitrogens with zero attached hydrogens (tertiary/aromatic N) is 2. The van der Waals surface area contributed by atoms with Crippen molar-refractivity contribution in [2.75, 3.05) is 24.8 Å². The highest BCUT2D eigenvalue weighted by atomic mass is 35.5. The lowest BCUT2D eigenvalue weighted by molar-refractivity contribution is 0.0741. The molecule has 1 amide bonds. The third kappa shape index (κ3) is 3.12. The Morgan fingerprint density at radius 3 is 2.25 bits per heavy atom. The number of aryl methyl sites for hydroxylation is 2. The van der Waals surface area contributed by atoms with E-state index in [0.29, 0.717) is 36.4 Å². The average Bonchev–Trinajstić information content (AvgIpc) is 2.56. The minimum atomic E-state index is -0.209. The third-order valence-corrected chi connectivity index (χ3v) is 2.43. The van der Waals surface area contributed by atoms with Gasteiger partial charge in [-0.2, -0.15) is 0 Å². The molecule has 0 saturated heterocycles. The second-order valence-electron chi connectivity index (χ2n) is 3.32. The molecule has 0 aromatic carbocycles. The topological polar surface area (TPSA) is 46.3 Å². The van der Waals surface area contributed by atoms with Crippen LogP contribution in [0, 0.1) is 13.8 Å². The number of hydrogen-bond acceptors (Lipinski definition) is 3. The normalized spacial score (nSPS) is 10.5. The molecule has 0 radical (unpaired) electrons. The van der Waals surface area contributed by atoms with E-state index in [1.165, 1.54) is 0 Å². The number of aromatic nitrogens is 1. The summed E-state index contributed by atoms with van der Waals surface area (Å²) >= 11 is 11.3. The maximum Gasteiger partial charge on any atom is 0.291 e. The molecule has 0 fully saturated rings. The van der Waals surface area contributed by atoms with Crippen LogP contribution in [0.4, 0.5) is 0 Å². The van der Waals surface area contributed by atoms with Crippen molar-refractivity contribution in [2.24, 2.45) is 0 Å². The summed E-state index contributed by atoms with van der Waals surface area (Å²) in [6, 6.07) is 0. The van der Waals surface area contributed by atoms with Gasteiger partial charge in [0.2, 0.25) is 5.76 Å². The van der Waals surface area contributed by atoms with Gasteiger partial charge in [-0.05, 0) is 6.92 Å². The summed E-state index contributed by atoms with van der Waals surface area (Å²) < 4.78 is 5.26. The molecule has 0 saturated carbocycles. The number of carbonyl (C=O) groups excluding carboxylic acids is 1. The molecule has 0 N–H and O–H groups in total. The minimum Gasteiger partial charge on any atom is -0.436 e. The number of hydrogen-bond donors (Lipinski definition) is 0. The van der Waals surface area contributed by atoms with Gasteiger partial charge in [-0.1, -0.05) is 0 Å². The van der Waals surface area contributed by atoms with Crippen LogP contribution >= 0.6 is 23.2 Å². The van der Waals surface area contributed by atoms with Crippen molar-refractivity contribution < 1.29 is 9.21 Å². The van der Waals surface area contributed by atoms with Gasteiger partial charge in [0.15, 0.2) is 5.89 Å². The molecule has 0 aliphatic rings.